The van der Waals surface area contributed by atoms with Gasteiger partial charge in [-0.15, -0.1) is 0 Å². The number of hydrogen-bond donors (Lipinski definition) is 3. The van der Waals surface area contributed by atoms with E-state index in [1.807, 2.05) is 0 Å². The van der Waals surface area contributed by atoms with Crippen LogP contribution in [0.3, 0.4) is 0 Å². The maximum absolute atomic E-state index is 11.7. The van der Waals surface area contributed by atoms with Gasteiger partial charge in [-0.3, -0.25) is 14.6 Å². The van der Waals surface area contributed by atoms with E-state index in [4.69, 9.17) is 5.73 Å². The Bertz CT molecular complexity index is 764. The van der Waals surface area contributed by atoms with Gasteiger partial charge in [-0.05, 0) is 31.9 Å². The first-order chi connectivity index (χ1) is 10.0. The predicted molar refractivity (Wildman–Crippen MR) is 77.2 cm³/mol. The number of hydrogen-bond acceptors (Lipinski definition) is 5. The molecule has 0 aromatic carbocycles. The summed E-state index contributed by atoms with van der Waals surface area (Å²) in [4.78, 5) is 34.2. The van der Waals surface area contributed by atoms with Gasteiger partial charge in [-0.1, -0.05) is 0 Å². The summed E-state index contributed by atoms with van der Waals surface area (Å²) in [5.41, 5.74) is 6.46. The standard InChI is InChI=1S/C14H15N5O2/c1-8-7-17-12(20)11(18-8)19-9-2-5-16-10(6-9)14(3-4-14)13(15)21/h2,5-7H,3-4H2,1H3,(H2,15,21)(H,17,20)(H,16,18,19). The maximum Gasteiger partial charge on any atom is 0.291 e. The summed E-state index contributed by atoms with van der Waals surface area (Å²) in [6, 6.07) is 3.45. The first-order valence-corrected chi connectivity index (χ1v) is 6.61. The van der Waals surface area contributed by atoms with Crippen LogP contribution in [0.15, 0.2) is 29.3 Å². The van der Waals surface area contributed by atoms with E-state index in [0.29, 0.717) is 29.9 Å². The molecule has 0 unspecified atom stereocenters. The number of H-pyrrole nitrogens is 1. The molecule has 0 bridgehead atoms. The number of rotatable bonds is 4. The lowest BCUT2D eigenvalue weighted by atomic mass is 10.0. The molecule has 2 heterocycles. The molecule has 2 aromatic heterocycles. The molecule has 3 rings (SSSR count). The van der Waals surface area contributed by atoms with Gasteiger partial charge in [0.15, 0.2) is 5.82 Å². The van der Waals surface area contributed by atoms with E-state index in [9.17, 15) is 9.59 Å². The Labute approximate surface area is 120 Å². The summed E-state index contributed by atoms with van der Waals surface area (Å²) in [5.74, 6) is -0.158. The van der Waals surface area contributed by atoms with Crippen LogP contribution in [-0.2, 0) is 10.2 Å². The number of aryl methyl sites for hydroxylation is 1. The van der Waals surface area contributed by atoms with Crippen molar-refractivity contribution in [3.63, 3.8) is 0 Å². The summed E-state index contributed by atoms with van der Waals surface area (Å²) >= 11 is 0. The number of carbonyl (C=O) groups is 1. The molecule has 0 radical (unpaired) electrons. The zero-order chi connectivity index (χ0) is 15.0. The molecule has 108 valence electrons. The van der Waals surface area contributed by atoms with E-state index in [-0.39, 0.29) is 17.3 Å². The van der Waals surface area contributed by atoms with Gasteiger partial charge in [0.25, 0.3) is 5.56 Å². The molecule has 0 atom stereocenters. The summed E-state index contributed by atoms with van der Waals surface area (Å²) < 4.78 is 0. The van der Waals surface area contributed by atoms with Gasteiger partial charge >= 0.3 is 0 Å². The number of amides is 1. The fraction of sp³-hybridized carbons (Fsp3) is 0.286. The van der Waals surface area contributed by atoms with E-state index in [0.717, 1.165) is 0 Å². The minimum Gasteiger partial charge on any atom is -0.369 e. The Hall–Kier alpha value is -2.70. The molecule has 0 aliphatic heterocycles. The van der Waals surface area contributed by atoms with Crippen LogP contribution in [0.2, 0.25) is 0 Å². The fourth-order valence-electron chi connectivity index (χ4n) is 2.24. The van der Waals surface area contributed by atoms with Crippen LogP contribution in [0.4, 0.5) is 11.5 Å². The van der Waals surface area contributed by atoms with Crippen molar-refractivity contribution in [2.75, 3.05) is 5.32 Å². The van der Waals surface area contributed by atoms with E-state index >= 15 is 0 Å². The molecule has 1 saturated carbocycles. The van der Waals surface area contributed by atoms with E-state index < -0.39 is 5.41 Å². The van der Waals surface area contributed by atoms with E-state index in [2.05, 4.69) is 20.3 Å². The van der Waals surface area contributed by atoms with Crippen molar-refractivity contribution >= 4 is 17.4 Å². The summed E-state index contributed by atoms with van der Waals surface area (Å²) in [6.45, 7) is 1.78. The van der Waals surface area contributed by atoms with Crippen molar-refractivity contribution in [2.45, 2.75) is 25.2 Å². The van der Waals surface area contributed by atoms with Gasteiger partial charge in [0.2, 0.25) is 5.91 Å². The van der Waals surface area contributed by atoms with Gasteiger partial charge in [-0.25, -0.2) is 4.98 Å². The summed E-state index contributed by atoms with van der Waals surface area (Å²) in [6.07, 6.45) is 4.55. The quantitative estimate of drug-likeness (QED) is 0.766. The molecule has 7 heteroatoms. The fourth-order valence-corrected chi connectivity index (χ4v) is 2.24. The van der Waals surface area contributed by atoms with Crippen molar-refractivity contribution < 1.29 is 4.79 Å². The molecular formula is C14H15N5O2. The Morgan fingerprint density at radius 1 is 1.48 bits per heavy atom. The van der Waals surface area contributed by atoms with Crippen molar-refractivity contribution in [1.29, 1.82) is 0 Å². The third kappa shape index (κ3) is 2.37. The first-order valence-electron chi connectivity index (χ1n) is 6.61. The van der Waals surface area contributed by atoms with Gasteiger partial charge in [-0.2, -0.15) is 0 Å². The molecule has 7 nitrogen and oxygen atoms in total. The molecule has 1 amide bonds. The van der Waals surface area contributed by atoms with Crippen LogP contribution >= 0.6 is 0 Å². The number of pyridine rings is 1. The molecular weight excluding hydrogens is 270 g/mol. The van der Waals surface area contributed by atoms with E-state index in [1.54, 1.807) is 25.3 Å². The average Bonchev–Trinajstić information content (AvgIpc) is 3.25. The van der Waals surface area contributed by atoms with Gasteiger partial charge in [0.1, 0.15) is 0 Å². The number of nitrogens with zero attached hydrogens (tertiary/aromatic N) is 2. The Kier molecular flexibility index (Phi) is 2.97. The Balaban J connectivity index is 1.92. The summed E-state index contributed by atoms with van der Waals surface area (Å²) in [7, 11) is 0. The van der Waals surface area contributed by atoms with Crippen molar-refractivity contribution in [1.82, 2.24) is 15.0 Å². The van der Waals surface area contributed by atoms with E-state index in [1.165, 1.54) is 6.20 Å². The second-order valence-electron chi connectivity index (χ2n) is 5.22. The highest BCUT2D eigenvalue weighted by molar-refractivity contribution is 5.89. The van der Waals surface area contributed by atoms with Gasteiger partial charge in [0.05, 0.1) is 16.8 Å². The van der Waals surface area contributed by atoms with Gasteiger partial charge in [0, 0.05) is 18.1 Å². The van der Waals surface area contributed by atoms with Crippen LogP contribution < -0.4 is 16.6 Å². The molecule has 2 aromatic rings. The number of nitrogens with two attached hydrogens (primary N) is 1. The molecule has 0 saturated heterocycles. The second kappa shape index (κ2) is 4.69. The van der Waals surface area contributed by atoms with Gasteiger partial charge < -0.3 is 16.0 Å². The maximum atomic E-state index is 11.7. The number of aromatic amines is 1. The predicted octanol–water partition coefficient (Wildman–Crippen LogP) is 0.734. The molecule has 21 heavy (non-hydrogen) atoms. The lowest BCUT2D eigenvalue weighted by molar-refractivity contribution is -0.120. The normalized spacial score (nSPS) is 15.5. The highest BCUT2D eigenvalue weighted by Gasteiger charge is 2.51. The minimum absolute atomic E-state index is 0.205. The SMILES string of the molecule is Cc1c[nH]c(=O)c(Nc2ccnc(C3(C(N)=O)CC3)c2)n1. The summed E-state index contributed by atoms with van der Waals surface area (Å²) in [5, 5.41) is 2.95. The second-order valence-corrected chi connectivity index (χ2v) is 5.22. The highest BCUT2D eigenvalue weighted by Crippen LogP contribution is 2.47. The third-order valence-corrected chi connectivity index (χ3v) is 3.65. The number of primary amides is 1. The first kappa shape index (κ1) is 13.3. The number of aromatic nitrogens is 3. The monoisotopic (exact) mass is 285 g/mol. The molecule has 1 aliphatic carbocycles. The molecule has 4 N–H and O–H groups in total. The number of anilines is 2. The zero-order valence-electron chi connectivity index (χ0n) is 11.5. The Morgan fingerprint density at radius 3 is 2.90 bits per heavy atom. The lowest BCUT2D eigenvalue weighted by Gasteiger charge is -2.12. The van der Waals surface area contributed by atoms with Crippen molar-refractivity contribution in [3.8, 4) is 0 Å². The van der Waals surface area contributed by atoms with Crippen molar-refractivity contribution in [3.05, 3.63) is 46.3 Å². The highest BCUT2D eigenvalue weighted by atomic mass is 16.1. The zero-order valence-corrected chi connectivity index (χ0v) is 11.5. The minimum atomic E-state index is -0.649. The molecule has 1 fully saturated rings. The topological polar surface area (TPSA) is 114 Å². The van der Waals surface area contributed by atoms with Crippen LogP contribution in [0.5, 0.6) is 0 Å². The Morgan fingerprint density at radius 2 is 2.24 bits per heavy atom. The van der Waals surface area contributed by atoms with Crippen LogP contribution in [0.25, 0.3) is 0 Å². The molecule has 1 aliphatic rings. The van der Waals surface area contributed by atoms with Crippen LogP contribution in [0, 0.1) is 6.92 Å². The van der Waals surface area contributed by atoms with Crippen LogP contribution in [0.1, 0.15) is 24.2 Å². The average molecular weight is 285 g/mol. The smallest absolute Gasteiger partial charge is 0.291 e. The van der Waals surface area contributed by atoms with Crippen LogP contribution in [-0.4, -0.2) is 20.9 Å². The van der Waals surface area contributed by atoms with Crippen molar-refractivity contribution in [2.24, 2.45) is 5.73 Å². The molecule has 0 spiro atoms. The number of carbonyl (C=O) groups excluding carboxylic acids is 1. The largest absolute Gasteiger partial charge is 0.369 e. The lowest BCUT2D eigenvalue weighted by Crippen LogP contribution is -2.29. The third-order valence-electron chi connectivity index (χ3n) is 3.65. The number of nitrogens with one attached hydrogen (secondary N) is 2.